The van der Waals surface area contributed by atoms with Gasteiger partial charge in [-0.3, -0.25) is 5.10 Å². The number of fused-ring (bicyclic) bond motifs is 1. The Hall–Kier alpha value is -2.17. The van der Waals surface area contributed by atoms with Crippen LogP contribution in [-0.2, 0) is 6.42 Å². The first-order chi connectivity index (χ1) is 9.20. The minimum absolute atomic E-state index is 0.298. The minimum atomic E-state index is 0.298. The van der Waals surface area contributed by atoms with E-state index >= 15 is 0 Å². The lowest BCUT2D eigenvalue weighted by Gasteiger charge is -2.06. The number of pyridine rings is 1. The maximum Gasteiger partial charge on any atom is 0.159 e. The van der Waals surface area contributed by atoms with Crippen LogP contribution < -0.4 is 0 Å². The molecule has 0 saturated carbocycles. The van der Waals surface area contributed by atoms with Gasteiger partial charge in [-0.05, 0) is 38.5 Å². The summed E-state index contributed by atoms with van der Waals surface area (Å²) in [7, 11) is 0. The van der Waals surface area contributed by atoms with Gasteiger partial charge in [-0.15, -0.1) is 0 Å². The van der Waals surface area contributed by atoms with Crippen LogP contribution >= 0.6 is 0 Å². The van der Waals surface area contributed by atoms with Crippen LogP contribution in [0.5, 0.6) is 0 Å². The Kier molecular flexibility index (Phi) is 2.81. The molecule has 1 N–H and O–H groups in total. The van der Waals surface area contributed by atoms with Crippen molar-refractivity contribution in [2.24, 2.45) is 0 Å². The summed E-state index contributed by atoms with van der Waals surface area (Å²) >= 11 is 0. The van der Waals surface area contributed by atoms with Crippen LogP contribution in [0.3, 0.4) is 0 Å². The Morgan fingerprint density at radius 3 is 2.74 bits per heavy atom. The van der Waals surface area contributed by atoms with E-state index in [1.807, 2.05) is 16.8 Å². The SMILES string of the molecule is CCc1nn(C(C)C)c2nc(-c3ccn[nH]3)ccc12. The van der Waals surface area contributed by atoms with Crippen LogP contribution in [0.4, 0.5) is 0 Å². The highest BCUT2D eigenvalue weighted by Crippen LogP contribution is 2.24. The third-order valence-electron chi connectivity index (χ3n) is 3.23. The summed E-state index contributed by atoms with van der Waals surface area (Å²) in [6.45, 7) is 6.36. The molecular formula is C14H17N5. The largest absolute Gasteiger partial charge is 0.276 e. The van der Waals surface area contributed by atoms with Crippen LogP contribution in [0.15, 0.2) is 24.4 Å². The molecule has 3 heterocycles. The van der Waals surface area contributed by atoms with E-state index in [1.54, 1.807) is 6.20 Å². The van der Waals surface area contributed by atoms with Crippen molar-refractivity contribution in [3.63, 3.8) is 0 Å². The first kappa shape index (κ1) is 11.9. The zero-order valence-electron chi connectivity index (χ0n) is 11.4. The van der Waals surface area contributed by atoms with Gasteiger partial charge < -0.3 is 0 Å². The third-order valence-corrected chi connectivity index (χ3v) is 3.23. The number of nitrogens with zero attached hydrogens (tertiary/aromatic N) is 4. The number of aromatic nitrogens is 5. The van der Waals surface area contributed by atoms with E-state index in [0.717, 1.165) is 34.5 Å². The summed E-state index contributed by atoms with van der Waals surface area (Å²) < 4.78 is 1.99. The Morgan fingerprint density at radius 1 is 1.26 bits per heavy atom. The monoisotopic (exact) mass is 255 g/mol. The van der Waals surface area contributed by atoms with Gasteiger partial charge in [-0.2, -0.15) is 10.2 Å². The molecule has 0 bridgehead atoms. The zero-order chi connectivity index (χ0) is 13.4. The van der Waals surface area contributed by atoms with Crippen LogP contribution in [0.25, 0.3) is 22.4 Å². The summed E-state index contributed by atoms with van der Waals surface area (Å²) in [5, 5.41) is 12.7. The first-order valence-corrected chi connectivity index (χ1v) is 6.58. The molecule has 0 aromatic carbocycles. The third kappa shape index (κ3) is 1.91. The van der Waals surface area contributed by atoms with Crippen molar-refractivity contribution in [1.82, 2.24) is 25.0 Å². The van der Waals surface area contributed by atoms with Gasteiger partial charge in [0.25, 0.3) is 0 Å². The second kappa shape index (κ2) is 4.50. The maximum absolute atomic E-state index is 4.74. The standard InChI is InChI=1S/C14H17N5/c1-4-11-10-5-6-12(13-7-8-15-17-13)16-14(10)19(18-11)9(2)3/h5-9H,4H2,1-3H3,(H,15,17). The van der Waals surface area contributed by atoms with Crippen molar-refractivity contribution < 1.29 is 0 Å². The highest BCUT2D eigenvalue weighted by atomic mass is 15.3. The molecule has 0 radical (unpaired) electrons. The summed E-state index contributed by atoms with van der Waals surface area (Å²) in [5.41, 5.74) is 3.87. The quantitative estimate of drug-likeness (QED) is 0.782. The summed E-state index contributed by atoms with van der Waals surface area (Å²) in [4.78, 5) is 4.74. The second-order valence-corrected chi connectivity index (χ2v) is 4.88. The van der Waals surface area contributed by atoms with E-state index in [4.69, 9.17) is 4.98 Å². The molecule has 0 spiro atoms. The van der Waals surface area contributed by atoms with Gasteiger partial charge in [0.2, 0.25) is 0 Å². The highest BCUT2D eigenvalue weighted by molar-refractivity contribution is 5.81. The number of nitrogens with one attached hydrogen (secondary N) is 1. The van der Waals surface area contributed by atoms with Gasteiger partial charge in [0, 0.05) is 17.6 Å². The predicted octanol–water partition coefficient (Wildman–Crippen LogP) is 2.96. The number of aryl methyl sites for hydroxylation is 1. The number of hydrogen-bond donors (Lipinski definition) is 1. The Balaban J connectivity index is 2.24. The fraction of sp³-hybridized carbons (Fsp3) is 0.357. The van der Waals surface area contributed by atoms with Gasteiger partial charge in [0.1, 0.15) is 0 Å². The van der Waals surface area contributed by atoms with Gasteiger partial charge in [-0.1, -0.05) is 6.92 Å². The summed E-state index contributed by atoms with van der Waals surface area (Å²) in [6.07, 6.45) is 2.65. The first-order valence-electron chi connectivity index (χ1n) is 6.58. The van der Waals surface area contributed by atoms with E-state index in [1.165, 1.54) is 0 Å². The van der Waals surface area contributed by atoms with Crippen molar-refractivity contribution in [3.05, 3.63) is 30.1 Å². The van der Waals surface area contributed by atoms with Crippen LogP contribution in [-0.4, -0.2) is 25.0 Å². The molecule has 0 aliphatic carbocycles. The molecule has 19 heavy (non-hydrogen) atoms. The lowest BCUT2D eigenvalue weighted by Crippen LogP contribution is -2.04. The average molecular weight is 255 g/mol. The van der Waals surface area contributed by atoms with Crippen LogP contribution in [0, 0.1) is 0 Å². The van der Waals surface area contributed by atoms with Crippen LogP contribution in [0.1, 0.15) is 32.5 Å². The van der Waals surface area contributed by atoms with Crippen LogP contribution in [0.2, 0.25) is 0 Å². The van der Waals surface area contributed by atoms with E-state index in [2.05, 4.69) is 42.1 Å². The van der Waals surface area contributed by atoms with Crippen molar-refractivity contribution >= 4 is 11.0 Å². The normalized spacial score (nSPS) is 11.6. The van der Waals surface area contributed by atoms with Crippen molar-refractivity contribution in [2.45, 2.75) is 33.2 Å². The molecule has 0 fully saturated rings. The molecular weight excluding hydrogens is 238 g/mol. The lowest BCUT2D eigenvalue weighted by atomic mass is 10.2. The zero-order valence-corrected chi connectivity index (χ0v) is 11.4. The smallest absolute Gasteiger partial charge is 0.159 e. The van der Waals surface area contributed by atoms with Crippen molar-refractivity contribution in [1.29, 1.82) is 0 Å². The van der Waals surface area contributed by atoms with E-state index in [0.29, 0.717) is 6.04 Å². The number of rotatable bonds is 3. The van der Waals surface area contributed by atoms with Crippen molar-refractivity contribution in [2.75, 3.05) is 0 Å². The molecule has 0 aliphatic heterocycles. The van der Waals surface area contributed by atoms with E-state index in [-0.39, 0.29) is 0 Å². The summed E-state index contributed by atoms with van der Waals surface area (Å²) in [6, 6.07) is 6.34. The Labute approximate surface area is 111 Å². The molecule has 5 nitrogen and oxygen atoms in total. The van der Waals surface area contributed by atoms with Gasteiger partial charge >= 0.3 is 0 Å². The topological polar surface area (TPSA) is 59.4 Å². The van der Waals surface area contributed by atoms with Crippen molar-refractivity contribution in [3.8, 4) is 11.4 Å². The predicted molar refractivity (Wildman–Crippen MR) is 74.9 cm³/mol. The minimum Gasteiger partial charge on any atom is -0.276 e. The molecule has 0 saturated heterocycles. The summed E-state index contributed by atoms with van der Waals surface area (Å²) in [5.74, 6) is 0. The number of hydrogen-bond acceptors (Lipinski definition) is 3. The molecule has 0 atom stereocenters. The molecule has 3 rings (SSSR count). The molecule has 0 unspecified atom stereocenters. The fourth-order valence-corrected chi connectivity index (χ4v) is 2.25. The molecule has 3 aromatic rings. The molecule has 98 valence electrons. The Morgan fingerprint density at radius 2 is 2.11 bits per heavy atom. The van der Waals surface area contributed by atoms with Gasteiger partial charge in [0.15, 0.2) is 5.65 Å². The highest BCUT2D eigenvalue weighted by Gasteiger charge is 2.14. The number of aromatic amines is 1. The fourth-order valence-electron chi connectivity index (χ4n) is 2.25. The number of H-pyrrole nitrogens is 1. The molecule has 5 heteroatoms. The second-order valence-electron chi connectivity index (χ2n) is 4.88. The Bertz CT molecular complexity index is 694. The average Bonchev–Trinajstić information content (AvgIpc) is 3.05. The lowest BCUT2D eigenvalue weighted by molar-refractivity contribution is 0.540. The maximum atomic E-state index is 4.74. The van der Waals surface area contributed by atoms with Gasteiger partial charge in [-0.25, -0.2) is 9.67 Å². The van der Waals surface area contributed by atoms with Gasteiger partial charge in [0.05, 0.1) is 17.1 Å². The van der Waals surface area contributed by atoms with E-state index < -0.39 is 0 Å². The molecule has 0 aliphatic rings. The molecule has 0 amide bonds. The van der Waals surface area contributed by atoms with E-state index in [9.17, 15) is 0 Å². The molecule has 3 aromatic heterocycles.